The van der Waals surface area contributed by atoms with Crippen LogP contribution in [0.2, 0.25) is 0 Å². The van der Waals surface area contributed by atoms with Crippen LogP contribution in [-0.2, 0) is 0 Å². The molecule has 0 atom stereocenters. The van der Waals surface area contributed by atoms with Crippen LogP contribution in [0.1, 0.15) is 5.56 Å². The molecule has 1 rings (SSSR count). The first kappa shape index (κ1) is 12.6. The van der Waals surface area contributed by atoms with E-state index < -0.39 is 0 Å². The highest BCUT2D eigenvalue weighted by Gasteiger charge is 2.07. The van der Waals surface area contributed by atoms with Crippen molar-refractivity contribution in [3.8, 4) is 18.1 Å². The summed E-state index contributed by atoms with van der Waals surface area (Å²) in [6.07, 6.45) is 6.49. The van der Waals surface area contributed by atoms with Crippen LogP contribution in [0.25, 0.3) is 0 Å². The fourth-order valence-corrected chi connectivity index (χ4v) is 3.10. The number of hydrogen-bond donors (Lipinski definition) is 1. The quantitative estimate of drug-likeness (QED) is 0.265. The highest BCUT2D eigenvalue weighted by atomic mass is 127. The van der Waals surface area contributed by atoms with Gasteiger partial charge in [-0.05, 0) is 62.9 Å². The molecule has 0 saturated heterocycles. The van der Waals surface area contributed by atoms with Gasteiger partial charge in [0, 0.05) is 0 Å². The van der Waals surface area contributed by atoms with Crippen LogP contribution in [0, 0.1) is 19.5 Å². The second kappa shape index (κ2) is 6.17. The van der Waals surface area contributed by atoms with Gasteiger partial charge < -0.3 is 9.94 Å². The van der Waals surface area contributed by atoms with E-state index in [1.54, 1.807) is 0 Å². The van der Waals surface area contributed by atoms with Crippen molar-refractivity contribution in [1.82, 2.24) is 0 Å². The summed E-state index contributed by atoms with van der Waals surface area (Å²) >= 11 is 4.30. The number of hydrogen-bond acceptors (Lipinski definition) is 3. The van der Waals surface area contributed by atoms with Gasteiger partial charge in [-0.25, -0.2) is 0 Å². The third-order valence-electron chi connectivity index (χ3n) is 1.53. The molecule has 0 aromatic heterocycles. The van der Waals surface area contributed by atoms with E-state index in [0.717, 1.165) is 18.5 Å². The van der Waals surface area contributed by atoms with Gasteiger partial charge in [-0.3, -0.25) is 0 Å². The average Bonchev–Trinajstić information content (AvgIpc) is 2.17. The van der Waals surface area contributed by atoms with Crippen LogP contribution < -0.4 is 4.74 Å². The van der Waals surface area contributed by atoms with Crippen molar-refractivity contribution in [1.29, 1.82) is 0 Å². The predicted octanol–water partition coefficient (Wildman–Crippen LogP) is 2.72. The number of oxime groups is 1. The Labute approximate surface area is 115 Å². The minimum Gasteiger partial charge on any atom is -0.479 e. The Morgan fingerprint density at radius 1 is 1.47 bits per heavy atom. The van der Waals surface area contributed by atoms with Gasteiger partial charge in [-0.1, -0.05) is 11.1 Å². The van der Waals surface area contributed by atoms with Gasteiger partial charge in [0.2, 0.25) is 0 Å². The van der Waals surface area contributed by atoms with E-state index in [2.05, 4.69) is 56.3 Å². The standard InChI is InChI=1S/C10H7I2NO2/c1-2-3-15-10-8(11)4-7(6-13-14)5-9(10)12/h1,4-6,14H,3H2/b13-6+. The maximum Gasteiger partial charge on any atom is 0.148 e. The van der Waals surface area contributed by atoms with Crippen molar-refractivity contribution in [2.24, 2.45) is 5.16 Å². The highest BCUT2D eigenvalue weighted by molar-refractivity contribution is 14.1. The maximum absolute atomic E-state index is 8.42. The first-order valence-electron chi connectivity index (χ1n) is 3.91. The molecule has 0 fully saturated rings. The smallest absolute Gasteiger partial charge is 0.148 e. The summed E-state index contributed by atoms with van der Waals surface area (Å²) in [5.74, 6) is 3.18. The SMILES string of the molecule is C#CCOc1c(I)cc(/C=N/O)cc1I. The highest BCUT2D eigenvalue weighted by Crippen LogP contribution is 2.28. The van der Waals surface area contributed by atoms with Gasteiger partial charge in [0.1, 0.15) is 12.4 Å². The Morgan fingerprint density at radius 2 is 2.07 bits per heavy atom. The van der Waals surface area contributed by atoms with Crippen molar-refractivity contribution in [3.63, 3.8) is 0 Å². The molecule has 1 aromatic carbocycles. The van der Waals surface area contributed by atoms with Crippen LogP contribution >= 0.6 is 45.2 Å². The second-order valence-electron chi connectivity index (χ2n) is 2.55. The third kappa shape index (κ3) is 3.53. The first-order chi connectivity index (χ1) is 7.19. The van der Waals surface area contributed by atoms with Gasteiger partial charge >= 0.3 is 0 Å². The molecule has 1 N–H and O–H groups in total. The Hall–Kier alpha value is -0.490. The summed E-state index contributed by atoms with van der Waals surface area (Å²) < 4.78 is 7.26. The number of halogens is 2. The van der Waals surface area contributed by atoms with Gasteiger partial charge in [-0.15, -0.1) is 6.42 Å². The summed E-state index contributed by atoms with van der Waals surface area (Å²) in [5.41, 5.74) is 0.819. The van der Waals surface area contributed by atoms with Gasteiger partial charge in [0.15, 0.2) is 0 Å². The van der Waals surface area contributed by atoms with E-state index in [-0.39, 0.29) is 6.61 Å². The molecule has 15 heavy (non-hydrogen) atoms. The number of ether oxygens (including phenoxy) is 1. The van der Waals surface area contributed by atoms with Gasteiger partial charge in [0.25, 0.3) is 0 Å². The Bertz CT molecular complexity index is 401. The summed E-state index contributed by atoms with van der Waals surface area (Å²) in [4.78, 5) is 0. The van der Waals surface area contributed by atoms with Gasteiger partial charge in [-0.2, -0.15) is 0 Å². The summed E-state index contributed by atoms with van der Waals surface area (Å²) in [6.45, 7) is 0.249. The average molecular weight is 427 g/mol. The zero-order chi connectivity index (χ0) is 11.3. The van der Waals surface area contributed by atoms with E-state index >= 15 is 0 Å². The topological polar surface area (TPSA) is 41.8 Å². The predicted molar refractivity (Wildman–Crippen MR) is 75.6 cm³/mol. The zero-order valence-corrected chi connectivity index (χ0v) is 11.9. The van der Waals surface area contributed by atoms with Crippen molar-refractivity contribution in [3.05, 3.63) is 24.8 Å². The van der Waals surface area contributed by atoms with Crippen LogP contribution in [0.15, 0.2) is 17.3 Å². The fourth-order valence-electron chi connectivity index (χ4n) is 0.972. The van der Waals surface area contributed by atoms with Crippen molar-refractivity contribution in [2.45, 2.75) is 0 Å². The molecule has 78 valence electrons. The largest absolute Gasteiger partial charge is 0.479 e. The molecular formula is C10H7I2NO2. The van der Waals surface area contributed by atoms with Crippen molar-refractivity contribution >= 4 is 51.4 Å². The lowest BCUT2D eigenvalue weighted by molar-refractivity contribution is 0.322. The van der Waals surface area contributed by atoms with E-state index in [0.29, 0.717) is 0 Å². The number of nitrogens with zero attached hydrogens (tertiary/aromatic N) is 1. The molecule has 0 heterocycles. The minimum atomic E-state index is 0.249. The van der Waals surface area contributed by atoms with Crippen LogP contribution in [0.3, 0.4) is 0 Å². The maximum atomic E-state index is 8.42. The molecule has 0 aliphatic heterocycles. The lowest BCUT2D eigenvalue weighted by atomic mass is 10.2. The van der Waals surface area contributed by atoms with Crippen LogP contribution in [-0.4, -0.2) is 18.0 Å². The Morgan fingerprint density at radius 3 is 2.53 bits per heavy atom. The lowest BCUT2D eigenvalue weighted by Crippen LogP contribution is -1.99. The number of rotatable bonds is 3. The second-order valence-corrected chi connectivity index (χ2v) is 4.88. The van der Waals surface area contributed by atoms with E-state index in [1.807, 2.05) is 12.1 Å². The molecule has 0 bridgehead atoms. The van der Waals surface area contributed by atoms with E-state index in [9.17, 15) is 0 Å². The van der Waals surface area contributed by atoms with Crippen molar-refractivity contribution < 1.29 is 9.94 Å². The molecule has 3 nitrogen and oxygen atoms in total. The monoisotopic (exact) mass is 427 g/mol. The third-order valence-corrected chi connectivity index (χ3v) is 3.13. The molecule has 1 aromatic rings. The molecule has 0 amide bonds. The fraction of sp³-hybridized carbons (Fsp3) is 0.100. The minimum absolute atomic E-state index is 0.249. The molecule has 5 heteroatoms. The summed E-state index contributed by atoms with van der Waals surface area (Å²) in [7, 11) is 0. The summed E-state index contributed by atoms with van der Waals surface area (Å²) in [5, 5.41) is 11.4. The molecule has 0 radical (unpaired) electrons. The Balaban J connectivity index is 3.05. The van der Waals surface area contributed by atoms with Crippen LogP contribution in [0.5, 0.6) is 5.75 Å². The lowest BCUT2D eigenvalue weighted by Gasteiger charge is -2.08. The molecule has 0 unspecified atom stereocenters. The molecular weight excluding hydrogens is 420 g/mol. The molecule has 0 aliphatic carbocycles. The summed E-state index contributed by atoms with van der Waals surface area (Å²) in [6, 6.07) is 3.71. The van der Waals surface area contributed by atoms with Crippen molar-refractivity contribution in [2.75, 3.05) is 6.61 Å². The van der Waals surface area contributed by atoms with Gasteiger partial charge in [0.05, 0.1) is 13.4 Å². The van der Waals surface area contributed by atoms with E-state index in [1.165, 1.54) is 6.21 Å². The van der Waals surface area contributed by atoms with E-state index in [4.69, 9.17) is 16.4 Å². The number of benzene rings is 1. The van der Waals surface area contributed by atoms with Crippen LogP contribution in [0.4, 0.5) is 0 Å². The number of terminal acetylenes is 1. The normalized spacial score (nSPS) is 10.2. The molecule has 0 aliphatic rings. The molecule has 0 spiro atoms. The first-order valence-corrected chi connectivity index (χ1v) is 6.07. The molecule has 0 saturated carbocycles. The Kier molecular flexibility index (Phi) is 5.17. The zero-order valence-electron chi connectivity index (χ0n) is 7.58.